The van der Waals surface area contributed by atoms with Crippen molar-refractivity contribution in [1.82, 2.24) is 10.3 Å². The molecule has 0 amide bonds. The second kappa shape index (κ2) is 11.1. The van der Waals surface area contributed by atoms with Gasteiger partial charge in [0.15, 0.2) is 0 Å². The molecule has 1 aliphatic rings. The Balaban J connectivity index is 1.64. The number of ether oxygens (including phenoxy) is 2. The van der Waals surface area contributed by atoms with Crippen LogP contribution < -0.4 is 14.8 Å². The number of hydrogen-bond donors (Lipinski definition) is 1. The fourth-order valence-corrected chi connectivity index (χ4v) is 5.46. The quantitative estimate of drug-likeness (QED) is 0.270. The molecule has 1 aliphatic heterocycles. The van der Waals surface area contributed by atoms with Gasteiger partial charge in [0.25, 0.3) is 0 Å². The third kappa shape index (κ3) is 5.58. The molecule has 1 N–H and O–H groups in total. The highest BCUT2D eigenvalue weighted by molar-refractivity contribution is 6.34. The van der Waals surface area contributed by atoms with E-state index in [1.807, 2.05) is 12.3 Å². The maximum atomic E-state index is 14.9. The van der Waals surface area contributed by atoms with Crippen LogP contribution in [0.15, 0.2) is 54.7 Å². The Kier molecular flexibility index (Phi) is 7.63. The lowest BCUT2D eigenvalue weighted by Gasteiger charge is -2.24. The van der Waals surface area contributed by atoms with Crippen LogP contribution in [0.2, 0.25) is 5.02 Å². The molecule has 0 aliphatic carbocycles. The minimum absolute atomic E-state index is 0.369. The highest BCUT2D eigenvalue weighted by atomic mass is 35.5. The molecule has 2 heterocycles. The predicted octanol–water partition coefficient (Wildman–Crippen LogP) is 7.90. The maximum absolute atomic E-state index is 14.9. The van der Waals surface area contributed by atoms with Gasteiger partial charge < -0.3 is 14.8 Å². The molecule has 4 nitrogen and oxygen atoms in total. The lowest BCUT2D eigenvalue weighted by molar-refractivity contribution is 0.271. The Morgan fingerprint density at radius 3 is 2.54 bits per heavy atom. The predicted molar refractivity (Wildman–Crippen MR) is 149 cm³/mol. The van der Waals surface area contributed by atoms with E-state index in [0.717, 1.165) is 35.2 Å². The molecule has 37 heavy (non-hydrogen) atoms. The Labute approximate surface area is 222 Å². The number of piperidine rings is 1. The zero-order chi connectivity index (χ0) is 25.9. The lowest BCUT2D eigenvalue weighted by Crippen LogP contribution is -2.35. The fraction of sp³-hybridized carbons (Fsp3) is 0.323. The zero-order valence-corrected chi connectivity index (χ0v) is 22.3. The summed E-state index contributed by atoms with van der Waals surface area (Å²) in [5, 5.41) is 4.82. The van der Waals surface area contributed by atoms with Crippen LogP contribution in [0.4, 0.5) is 4.39 Å². The highest BCUT2D eigenvalue weighted by Crippen LogP contribution is 2.41. The zero-order valence-electron chi connectivity index (χ0n) is 21.5. The van der Waals surface area contributed by atoms with Crippen molar-refractivity contribution in [3.63, 3.8) is 0 Å². The number of fused-ring (bicyclic) bond motifs is 1. The molecular formula is C31H32ClFN2O2. The number of hydrogen-bond acceptors (Lipinski definition) is 4. The molecule has 1 unspecified atom stereocenters. The van der Waals surface area contributed by atoms with E-state index in [-0.39, 0.29) is 5.82 Å². The molecule has 192 valence electrons. The Bertz CT molecular complexity index is 1410. The van der Waals surface area contributed by atoms with Crippen LogP contribution in [-0.4, -0.2) is 31.3 Å². The van der Waals surface area contributed by atoms with Crippen molar-refractivity contribution < 1.29 is 13.9 Å². The summed E-state index contributed by atoms with van der Waals surface area (Å²) in [5.74, 6) is 0.935. The summed E-state index contributed by atoms with van der Waals surface area (Å²) in [5.41, 5.74) is 5.95. The second-order valence-corrected chi connectivity index (χ2v) is 10.3. The first-order valence-corrected chi connectivity index (χ1v) is 13.2. The Morgan fingerprint density at radius 1 is 1.00 bits per heavy atom. The third-order valence-corrected chi connectivity index (χ3v) is 7.34. The first-order chi connectivity index (χ1) is 17.9. The van der Waals surface area contributed by atoms with E-state index < -0.39 is 0 Å². The van der Waals surface area contributed by atoms with Gasteiger partial charge in [0.2, 0.25) is 0 Å². The summed E-state index contributed by atoms with van der Waals surface area (Å²) in [4.78, 5) is 4.73. The van der Waals surface area contributed by atoms with Crippen LogP contribution in [0.1, 0.15) is 36.8 Å². The third-order valence-electron chi connectivity index (χ3n) is 7.03. The first-order valence-electron chi connectivity index (χ1n) is 12.8. The molecule has 1 saturated heterocycles. The topological polar surface area (TPSA) is 43.4 Å². The SMILES string of the molecule is COc1ccc(F)c(-c2cc3c(OCCC4CCCCN4)c(-c4cc(C)cc(C)c4)cnc3cc2Cl)c1. The van der Waals surface area contributed by atoms with Crippen molar-refractivity contribution >= 4 is 22.5 Å². The van der Waals surface area contributed by atoms with E-state index in [1.165, 1.54) is 36.5 Å². The normalized spacial score (nSPS) is 15.6. The van der Waals surface area contributed by atoms with Gasteiger partial charge in [-0.15, -0.1) is 0 Å². The molecule has 0 spiro atoms. The van der Waals surface area contributed by atoms with Crippen molar-refractivity contribution in [2.75, 3.05) is 20.3 Å². The van der Waals surface area contributed by atoms with Crippen molar-refractivity contribution in [2.45, 2.75) is 45.6 Å². The number of aromatic nitrogens is 1. The molecule has 0 radical (unpaired) electrons. The molecule has 5 rings (SSSR count). The number of halogens is 2. The molecular weight excluding hydrogens is 487 g/mol. The minimum Gasteiger partial charge on any atom is -0.497 e. The molecule has 1 aromatic heterocycles. The van der Waals surface area contributed by atoms with Gasteiger partial charge >= 0.3 is 0 Å². The Morgan fingerprint density at radius 2 is 1.81 bits per heavy atom. The standard InChI is InChI=1S/C31H32ClFN2O2/c1-19-12-20(2)14-21(13-19)27-18-35-30-17-28(32)24(25-15-23(36-3)7-8-29(25)33)16-26(30)31(27)37-11-9-22-6-4-5-10-34-22/h7-8,12-18,22,34H,4-6,9-11H2,1-3H3. The van der Waals surface area contributed by atoms with Crippen LogP contribution in [0.5, 0.6) is 11.5 Å². The summed E-state index contributed by atoms with van der Waals surface area (Å²) in [7, 11) is 1.56. The van der Waals surface area contributed by atoms with E-state index in [0.29, 0.717) is 40.1 Å². The number of nitrogens with zero attached hydrogens (tertiary/aromatic N) is 1. The minimum atomic E-state index is -0.369. The van der Waals surface area contributed by atoms with Gasteiger partial charge in [-0.3, -0.25) is 4.98 Å². The van der Waals surface area contributed by atoms with Crippen LogP contribution >= 0.6 is 11.6 Å². The summed E-state index contributed by atoms with van der Waals surface area (Å²) in [6.07, 6.45) is 6.42. The smallest absolute Gasteiger partial charge is 0.138 e. The van der Waals surface area contributed by atoms with Gasteiger partial charge in [0.05, 0.1) is 24.3 Å². The van der Waals surface area contributed by atoms with Crippen LogP contribution in [0, 0.1) is 19.7 Å². The summed E-state index contributed by atoms with van der Waals surface area (Å²) in [6, 6.07) is 15.2. The largest absolute Gasteiger partial charge is 0.497 e. The van der Waals surface area contributed by atoms with Gasteiger partial charge in [-0.2, -0.15) is 0 Å². The van der Waals surface area contributed by atoms with Crippen LogP contribution in [-0.2, 0) is 0 Å². The number of benzene rings is 3. The van der Waals surface area contributed by atoms with E-state index in [4.69, 9.17) is 26.1 Å². The Hall–Kier alpha value is -3.15. The van der Waals surface area contributed by atoms with E-state index in [9.17, 15) is 4.39 Å². The van der Waals surface area contributed by atoms with Gasteiger partial charge in [0.1, 0.15) is 17.3 Å². The second-order valence-electron chi connectivity index (χ2n) is 9.86. The first kappa shape index (κ1) is 25.5. The molecule has 6 heteroatoms. The van der Waals surface area contributed by atoms with Gasteiger partial charge in [-0.1, -0.05) is 47.3 Å². The molecule has 1 fully saturated rings. The highest BCUT2D eigenvalue weighted by Gasteiger charge is 2.19. The molecule has 0 saturated carbocycles. The van der Waals surface area contributed by atoms with Crippen LogP contribution in [0.25, 0.3) is 33.2 Å². The fourth-order valence-electron chi connectivity index (χ4n) is 5.20. The summed E-state index contributed by atoms with van der Waals surface area (Å²) < 4.78 is 26.8. The monoisotopic (exact) mass is 518 g/mol. The van der Waals surface area contributed by atoms with Gasteiger partial charge in [-0.05, 0) is 75.5 Å². The lowest BCUT2D eigenvalue weighted by atomic mass is 9.97. The van der Waals surface area contributed by atoms with Gasteiger partial charge in [-0.25, -0.2) is 4.39 Å². The van der Waals surface area contributed by atoms with Crippen molar-refractivity contribution in [1.29, 1.82) is 0 Å². The van der Waals surface area contributed by atoms with Crippen molar-refractivity contribution in [2.24, 2.45) is 0 Å². The molecule has 4 aromatic rings. The van der Waals surface area contributed by atoms with E-state index in [2.05, 4.69) is 37.4 Å². The summed E-state index contributed by atoms with van der Waals surface area (Å²) >= 11 is 6.67. The van der Waals surface area contributed by atoms with E-state index >= 15 is 0 Å². The summed E-state index contributed by atoms with van der Waals surface area (Å²) in [6.45, 7) is 5.80. The number of nitrogens with one attached hydrogen (secondary N) is 1. The average molecular weight is 519 g/mol. The molecule has 1 atom stereocenters. The van der Waals surface area contributed by atoms with Crippen molar-refractivity contribution in [3.8, 4) is 33.8 Å². The number of methoxy groups -OCH3 is 1. The van der Waals surface area contributed by atoms with E-state index in [1.54, 1.807) is 25.3 Å². The number of pyridine rings is 1. The average Bonchev–Trinajstić information content (AvgIpc) is 2.89. The van der Waals surface area contributed by atoms with Gasteiger partial charge in [0, 0.05) is 34.3 Å². The number of aryl methyl sites for hydroxylation is 2. The molecule has 3 aromatic carbocycles. The molecule has 0 bridgehead atoms. The maximum Gasteiger partial charge on any atom is 0.138 e. The number of rotatable bonds is 7. The van der Waals surface area contributed by atoms with Crippen LogP contribution in [0.3, 0.4) is 0 Å². The van der Waals surface area contributed by atoms with Crippen molar-refractivity contribution in [3.05, 3.63) is 76.7 Å².